The van der Waals surface area contributed by atoms with Crippen molar-refractivity contribution in [3.63, 3.8) is 0 Å². The van der Waals surface area contributed by atoms with E-state index in [1.807, 2.05) is 6.92 Å². The molecular weight excluding hydrogens is 229 g/mol. The second kappa shape index (κ2) is 3.36. The van der Waals surface area contributed by atoms with Crippen LogP contribution in [0.3, 0.4) is 0 Å². The van der Waals surface area contributed by atoms with E-state index in [0.717, 1.165) is 11.1 Å². The van der Waals surface area contributed by atoms with Crippen molar-refractivity contribution < 1.29 is 0 Å². The molecular formula is C7H5Cl2N3S. The van der Waals surface area contributed by atoms with Gasteiger partial charge in [0.15, 0.2) is 15.3 Å². The van der Waals surface area contributed by atoms with Crippen molar-refractivity contribution in [1.82, 2.24) is 15.0 Å². The summed E-state index contributed by atoms with van der Waals surface area (Å²) in [6, 6.07) is 0. The Morgan fingerprint density at radius 3 is 2.69 bits per heavy atom. The molecule has 2 aromatic heterocycles. The third-order valence-electron chi connectivity index (χ3n) is 1.55. The molecule has 0 atom stereocenters. The van der Waals surface area contributed by atoms with E-state index in [-0.39, 0.29) is 0 Å². The Labute approximate surface area is 88.7 Å². The molecule has 0 fully saturated rings. The van der Waals surface area contributed by atoms with Gasteiger partial charge in [-0.1, -0.05) is 41.5 Å². The predicted molar refractivity (Wildman–Crippen MR) is 54.6 cm³/mol. The summed E-state index contributed by atoms with van der Waals surface area (Å²) in [7, 11) is 0. The zero-order chi connectivity index (χ0) is 9.42. The Morgan fingerprint density at radius 1 is 1.23 bits per heavy atom. The Morgan fingerprint density at radius 2 is 2.00 bits per heavy atom. The largest absolute Gasteiger partial charge is 0.220 e. The number of halogens is 2. The van der Waals surface area contributed by atoms with Gasteiger partial charge < -0.3 is 0 Å². The molecule has 13 heavy (non-hydrogen) atoms. The molecule has 0 aliphatic rings. The lowest BCUT2D eigenvalue weighted by Gasteiger charge is -1.95. The van der Waals surface area contributed by atoms with Crippen LogP contribution in [0.2, 0.25) is 9.62 Å². The van der Waals surface area contributed by atoms with E-state index in [1.54, 1.807) is 0 Å². The van der Waals surface area contributed by atoms with Crippen LogP contribution in [0.25, 0.3) is 10.3 Å². The van der Waals surface area contributed by atoms with Crippen LogP contribution in [0.1, 0.15) is 12.7 Å². The summed E-state index contributed by atoms with van der Waals surface area (Å²) in [4.78, 5) is 12.3. The van der Waals surface area contributed by atoms with E-state index in [2.05, 4.69) is 15.0 Å². The Hall–Kier alpha value is -0.450. The monoisotopic (exact) mass is 233 g/mol. The van der Waals surface area contributed by atoms with Gasteiger partial charge in [-0.15, -0.1) is 0 Å². The molecule has 0 spiro atoms. The third-order valence-corrected chi connectivity index (χ3v) is 3.09. The van der Waals surface area contributed by atoms with Crippen molar-refractivity contribution in [2.45, 2.75) is 13.3 Å². The van der Waals surface area contributed by atoms with E-state index in [4.69, 9.17) is 23.2 Å². The maximum atomic E-state index is 5.91. The first-order valence-electron chi connectivity index (χ1n) is 3.69. The standard InChI is InChI=1S/C7H5Cl2N3S/c1-2-3-10-5(8)4-6(11-3)12-7(9)13-4/h2H2,1H3. The summed E-state index contributed by atoms with van der Waals surface area (Å²) in [5, 5.41) is 0.436. The minimum Gasteiger partial charge on any atom is -0.220 e. The van der Waals surface area contributed by atoms with Crippen molar-refractivity contribution in [1.29, 1.82) is 0 Å². The van der Waals surface area contributed by atoms with Crippen molar-refractivity contribution in [2.75, 3.05) is 0 Å². The number of hydrogen-bond acceptors (Lipinski definition) is 4. The SMILES string of the molecule is CCc1nc(Cl)c2sc(Cl)nc2n1. The number of aromatic nitrogens is 3. The quantitative estimate of drug-likeness (QED) is 0.712. The number of hydrogen-bond donors (Lipinski definition) is 0. The van der Waals surface area contributed by atoms with Crippen molar-refractivity contribution in [2.24, 2.45) is 0 Å². The summed E-state index contributed by atoms with van der Waals surface area (Å²) in [6.45, 7) is 1.96. The van der Waals surface area contributed by atoms with Crippen LogP contribution in [-0.4, -0.2) is 15.0 Å². The predicted octanol–water partition coefficient (Wildman–Crippen LogP) is 2.96. The van der Waals surface area contributed by atoms with E-state index >= 15 is 0 Å². The molecule has 2 aromatic rings. The first kappa shape index (κ1) is 9.12. The molecule has 0 N–H and O–H groups in total. The summed E-state index contributed by atoms with van der Waals surface area (Å²) in [5.41, 5.74) is 0.590. The fourth-order valence-electron chi connectivity index (χ4n) is 0.966. The molecule has 0 aliphatic heterocycles. The van der Waals surface area contributed by atoms with Gasteiger partial charge in [-0.25, -0.2) is 15.0 Å². The highest BCUT2D eigenvalue weighted by Gasteiger charge is 2.09. The molecule has 0 unspecified atom stereocenters. The lowest BCUT2D eigenvalue weighted by Crippen LogP contribution is -1.92. The van der Waals surface area contributed by atoms with Crippen molar-refractivity contribution in [3.05, 3.63) is 15.4 Å². The molecule has 0 saturated carbocycles. The minimum absolute atomic E-state index is 0.436. The number of thiazole rings is 1. The van der Waals surface area contributed by atoms with Gasteiger partial charge in [-0.05, 0) is 0 Å². The van der Waals surface area contributed by atoms with Gasteiger partial charge in [-0.2, -0.15) is 0 Å². The molecule has 0 aliphatic carbocycles. The fraction of sp³-hybridized carbons (Fsp3) is 0.286. The summed E-state index contributed by atoms with van der Waals surface area (Å²) < 4.78 is 1.20. The van der Waals surface area contributed by atoms with Crippen LogP contribution in [0.15, 0.2) is 0 Å². The molecule has 0 radical (unpaired) electrons. The second-order valence-corrected chi connectivity index (χ2v) is 4.34. The van der Waals surface area contributed by atoms with Gasteiger partial charge in [0, 0.05) is 6.42 Å². The molecule has 2 heterocycles. The normalized spacial score (nSPS) is 11.0. The average molecular weight is 234 g/mol. The smallest absolute Gasteiger partial charge is 0.186 e. The van der Waals surface area contributed by atoms with Gasteiger partial charge in [0.2, 0.25) is 0 Å². The van der Waals surface area contributed by atoms with Crippen molar-refractivity contribution >= 4 is 44.9 Å². The molecule has 3 nitrogen and oxygen atoms in total. The van der Waals surface area contributed by atoms with Gasteiger partial charge in [0.25, 0.3) is 0 Å². The highest BCUT2D eigenvalue weighted by atomic mass is 35.5. The Balaban J connectivity index is 2.75. The fourth-order valence-corrected chi connectivity index (χ4v) is 2.19. The number of fused-ring (bicyclic) bond motifs is 1. The maximum absolute atomic E-state index is 5.91. The van der Waals surface area contributed by atoms with E-state index in [0.29, 0.717) is 21.1 Å². The molecule has 6 heteroatoms. The van der Waals surface area contributed by atoms with Crippen LogP contribution in [0.4, 0.5) is 0 Å². The molecule has 0 amide bonds. The molecule has 0 bridgehead atoms. The zero-order valence-corrected chi connectivity index (χ0v) is 9.04. The molecule has 0 aromatic carbocycles. The highest BCUT2D eigenvalue weighted by Crippen LogP contribution is 2.29. The van der Waals surface area contributed by atoms with Crippen LogP contribution in [0.5, 0.6) is 0 Å². The minimum atomic E-state index is 0.436. The molecule has 2 rings (SSSR count). The lowest BCUT2D eigenvalue weighted by atomic mass is 10.4. The average Bonchev–Trinajstić information content (AvgIpc) is 2.46. The van der Waals surface area contributed by atoms with E-state index in [1.165, 1.54) is 11.3 Å². The highest BCUT2D eigenvalue weighted by molar-refractivity contribution is 7.22. The zero-order valence-electron chi connectivity index (χ0n) is 6.71. The summed E-state index contributed by atoms with van der Waals surface area (Å²) in [6.07, 6.45) is 0.741. The van der Waals surface area contributed by atoms with Crippen LogP contribution >= 0.6 is 34.5 Å². The van der Waals surface area contributed by atoms with Gasteiger partial charge in [-0.3, -0.25) is 0 Å². The second-order valence-electron chi connectivity index (χ2n) is 2.40. The molecule has 68 valence electrons. The van der Waals surface area contributed by atoms with Gasteiger partial charge in [0.1, 0.15) is 10.5 Å². The van der Waals surface area contributed by atoms with Crippen LogP contribution in [0, 0.1) is 0 Å². The number of rotatable bonds is 1. The van der Waals surface area contributed by atoms with E-state index in [9.17, 15) is 0 Å². The number of aryl methyl sites for hydroxylation is 1. The summed E-state index contributed by atoms with van der Waals surface area (Å²) in [5.74, 6) is 0.694. The maximum Gasteiger partial charge on any atom is 0.186 e. The first-order valence-corrected chi connectivity index (χ1v) is 5.26. The first-order chi connectivity index (χ1) is 6.20. The van der Waals surface area contributed by atoms with E-state index < -0.39 is 0 Å². The number of nitrogens with zero attached hydrogens (tertiary/aromatic N) is 3. The lowest BCUT2D eigenvalue weighted by molar-refractivity contribution is 0.957. The Bertz CT molecular complexity index is 454. The topological polar surface area (TPSA) is 38.7 Å². The van der Waals surface area contributed by atoms with Crippen molar-refractivity contribution in [3.8, 4) is 0 Å². The summed E-state index contributed by atoms with van der Waals surface area (Å²) >= 11 is 12.9. The van der Waals surface area contributed by atoms with Gasteiger partial charge >= 0.3 is 0 Å². The van der Waals surface area contributed by atoms with Crippen LogP contribution in [-0.2, 0) is 6.42 Å². The third kappa shape index (κ3) is 1.61. The van der Waals surface area contributed by atoms with Gasteiger partial charge in [0.05, 0.1) is 0 Å². The van der Waals surface area contributed by atoms with Crippen LogP contribution < -0.4 is 0 Å². The Kier molecular flexibility index (Phi) is 2.36. The molecule has 0 saturated heterocycles.